The molecule has 1 saturated carbocycles. The van der Waals surface area contributed by atoms with E-state index < -0.39 is 0 Å². The van der Waals surface area contributed by atoms with Gasteiger partial charge in [0.15, 0.2) is 11.5 Å². The molecule has 2 N–H and O–H groups in total. The van der Waals surface area contributed by atoms with Crippen LogP contribution in [-0.4, -0.2) is 34.0 Å². The van der Waals surface area contributed by atoms with Gasteiger partial charge in [0.05, 0.1) is 7.11 Å². The third-order valence-electron chi connectivity index (χ3n) is 4.21. The molecule has 2 aromatic rings. The third-order valence-corrected chi connectivity index (χ3v) is 4.21. The Morgan fingerprint density at radius 2 is 2.09 bits per heavy atom. The van der Waals surface area contributed by atoms with Crippen molar-refractivity contribution in [2.24, 2.45) is 0 Å². The Hall–Kier alpha value is -2.43. The first-order chi connectivity index (χ1) is 11.0. The van der Waals surface area contributed by atoms with Crippen LogP contribution in [0, 0.1) is 13.8 Å². The largest absolute Gasteiger partial charge is 0.504 e. The molecule has 1 fully saturated rings. The molecule has 0 radical (unpaired) electrons. The second kappa shape index (κ2) is 5.99. The number of phenolic OH excluding ortho intramolecular Hbond substituents is 1. The van der Waals surface area contributed by atoms with Gasteiger partial charge in [-0.05, 0) is 56.0 Å². The summed E-state index contributed by atoms with van der Waals surface area (Å²) < 4.78 is 5.15. The maximum absolute atomic E-state index is 12.9. The van der Waals surface area contributed by atoms with E-state index in [2.05, 4.69) is 4.98 Å². The number of aromatic amines is 1. The number of phenols is 1. The molecule has 0 saturated heterocycles. The van der Waals surface area contributed by atoms with Crippen LogP contribution in [0.2, 0.25) is 0 Å². The van der Waals surface area contributed by atoms with Gasteiger partial charge in [0.1, 0.15) is 5.69 Å². The number of benzene rings is 1. The minimum atomic E-state index is 0.0325. The number of ether oxygens (including phenoxy) is 1. The van der Waals surface area contributed by atoms with Crippen LogP contribution in [0.3, 0.4) is 0 Å². The average Bonchev–Trinajstić information content (AvgIpc) is 3.30. The zero-order valence-electron chi connectivity index (χ0n) is 13.7. The van der Waals surface area contributed by atoms with Gasteiger partial charge < -0.3 is 19.7 Å². The van der Waals surface area contributed by atoms with Crippen LogP contribution in [0.25, 0.3) is 0 Å². The number of aromatic hydroxyl groups is 1. The molecule has 1 amide bonds. The lowest BCUT2D eigenvalue weighted by Crippen LogP contribution is -2.33. The van der Waals surface area contributed by atoms with Crippen molar-refractivity contribution in [3.8, 4) is 11.5 Å². The van der Waals surface area contributed by atoms with E-state index in [1.807, 2.05) is 30.9 Å². The molecule has 3 rings (SSSR count). The fourth-order valence-electron chi connectivity index (χ4n) is 2.86. The average molecular weight is 314 g/mol. The molecular weight excluding hydrogens is 292 g/mol. The van der Waals surface area contributed by atoms with Crippen LogP contribution in [0.15, 0.2) is 24.3 Å². The Labute approximate surface area is 135 Å². The van der Waals surface area contributed by atoms with Gasteiger partial charge in [0.2, 0.25) is 0 Å². The SMILES string of the molecule is COc1cc(CN(C(=O)c2[nH]c(C)cc2C)C2CC2)ccc1O. The highest BCUT2D eigenvalue weighted by molar-refractivity contribution is 5.94. The number of aromatic nitrogens is 1. The lowest BCUT2D eigenvalue weighted by molar-refractivity contribution is 0.0723. The molecule has 1 aromatic heterocycles. The van der Waals surface area contributed by atoms with E-state index in [0.29, 0.717) is 24.0 Å². The molecule has 1 aromatic carbocycles. The van der Waals surface area contributed by atoms with E-state index in [9.17, 15) is 9.90 Å². The quantitative estimate of drug-likeness (QED) is 0.891. The number of rotatable bonds is 5. The molecule has 0 unspecified atom stereocenters. The van der Waals surface area contributed by atoms with Gasteiger partial charge in [-0.15, -0.1) is 0 Å². The number of hydrogen-bond acceptors (Lipinski definition) is 3. The minimum Gasteiger partial charge on any atom is -0.504 e. The molecule has 1 aliphatic carbocycles. The summed E-state index contributed by atoms with van der Waals surface area (Å²) in [6, 6.07) is 7.50. The predicted molar refractivity (Wildman–Crippen MR) is 87.8 cm³/mol. The van der Waals surface area contributed by atoms with Gasteiger partial charge in [0.25, 0.3) is 5.91 Å². The molecule has 1 aliphatic rings. The topological polar surface area (TPSA) is 65.6 Å². The number of nitrogens with zero attached hydrogens (tertiary/aromatic N) is 1. The molecule has 0 bridgehead atoms. The standard InChI is InChI=1S/C18H22N2O3/c1-11-8-12(2)19-17(11)18(22)20(14-5-6-14)10-13-4-7-15(21)16(9-13)23-3/h4,7-9,14,19,21H,5-6,10H2,1-3H3. The molecule has 122 valence electrons. The second-order valence-electron chi connectivity index (χ2n) is 6.18. The van der Waals surface area contributed by atoms with E-state index in [4.69, 9.17) is 4.74 Å². The van der Waals surface area contributed by atoms with Crippen LogP contribution < -0.4 is 4.74 Å². The Morgan fingerprint density at radius 3 is 2.65 bits per heavy atom. The van der Waals surface area contributed by atoms with Crippen LogP contribution >= 0.6 is 0 Å². The lowest BCUT2D eigenvalue weighted by Gasteiger charge is -2.23. The highest BCUT2D eigenvalue weighted by atomic mass is 16.5. The van der Waals surface area contributed by atoms with E-state index in [1.54, 1.807) is 12.1 Å². The number of hydrogen-bond donors (Lipinski definition) is 2. The maximum Gasteiger partial charge on any atom is 0.271 e. The fourth-order valence-corrected chi connectivity index (χ4v) is 2.86. The first-order valence-electron chi connectivity index (χ1n) is 7.82. The number of aryl methyl sites for hydroxylation is 2. The Balaban J connectivity index is 1.85. The van der Waals surface area contributed by atoms with Crippen molar-refractivity contribution in [3.05, 3.63) is 46.8 Å². The summed E-state index contributed by atoms with van der Waals surface area (Å²) in [6.45, 7) is 4.42. The number of methoxy groups -OCH3 is 1. The van der Waals surface area contributed by atoms with Crippen LogP contribution in [0.4, 0.5) is 0 Å². The second-order valence-corrected chi connectivity index (χ2v) is 6.18. The van der Waals surface area contributed by atoms with Crippen molar-refractivity contribution >= 4 is 5.91 Å². The molecule has 5 nitrogen and oxygen atoms in total. The summed E-state index contributed by atoms with van der Waals surface area (Å²) in [7, 11) is 1.52. The molecule has 0 spiro atoms. The number of carbonyl (C=O) groups excluding carboxylic acids is 1. The monoisotopic (exact) mass is 314 g/mol. The normalized spacial score (nSPS) is 13.9. The number of amides is 1. The smallest absolute Gasteiger partial charge is 0.271 e. The van der Waals surface area contributed by atoms with Gasteiger partial charge in [-0.25, -0.2) is 0 Å². The van der Waals surface area contributed by atoms with E-state index >= 15 is 0 Å². The zero-order valence-corrected chi connectivity index (χ0v) is 13.7. The summed E-state index contributed by atoms with van der Waals surface area (Å²) in [6.07, 6.45) is 2.08. The van der Waals surface area contributed by atoms with E-state index in [0.717, 1.165) is 29.7 Å². The number of H-pyrrole nitrogens is 1. The first kappa shape index (κ1) is 15.5. The molecular formula is C18H22N2O3. The van der Waals surface area contributed by atoms with E-state index in [-0.39, 0.29) is 11.7 Å². The molecule has 5 heteroatoms. The van der Waals surface area contributed by atoms with Crippen LogP contribution in [0.1, 0.15) is 40.2 Å². The maximum atomic E-state index is 12.9. The number of carbonyl (C=O) groups is 1. The fraction of sp³-hybridized carbons (Fsp3) is 0.389. The van der Waals surface area contributed by atoms with Gasteiger partial charge in [-0.1, -0.05) is 6.07 Å². The summed E-state index contributed by atoms with van der Waals surface area (Å²) in [4.78, 5) is 18.0. The zero-order chi connectivity index (χ0) is 16.6. The Morgan fingerprint density at radius 1 is 1.35 bits per heavy atom. The van der Waals surface area contributed by atoms with Crippen LogP contribution in [0.5, 0.6) is 11.5 Å². The van der Waals surface area contributed by atoms with Gasteiger partial charge in [0, 0.05) is 18.3 Å². The highest BCUT2D eigenvalue weighted by Gasteiger charge is 2.34. The van der Waals surface area contributed by atoms with Crippen LogP contribution in [-0.2, 0) is 6.54 Å². The third kappa shape index (κ3) is 3.18. The van der Waals surface area contributed by atoms with Crippen molar-refractivity contribution in [1.29, 1.82) is 0 Å². The molecule has 0 aliphatic heterocycles. The van der Waals surface area contributed by atoms with Crippen molar-refractivity contribution in [3.63, 3.8) is 0 Å². The van der Waals surface area contributed by atoms with E-state index in [1.165, 1.54) is 7.11 Å². The van der Waals surface area contributed by atoms with Gasteiger partial charge in [-0.2, -0.15) is 0 Å². The lowest BCUT2D eigenvalue weighted by atomic mass is 10.1. The van der Waals surface area contributed by atoms with Gasteiger partial charge >= 0.3 is 0 Å². The van der Waals surface area contributed by atoms with Crippen molar-refractivity contribution in [2.45, 2.75) is 39.3 Å². The first-order valence-corrected chi connectivity index (χ1v) is 7.82. The summed E-state index contributed by atoms with van der Waals surface area (Å²) in [5.41, 5.74) is 3.58. The Bertz CT molecular complexity index is 732. The summed E-state index contributed by atoms with van der Waals surface area (Å²) >= 11 is 0. The Kier molecular flexibility index (Phi) is 4.03. The van der Waals surface area contributed by atoms with Crippen molar-refractivity contribution in [1.82, 2.24) is 9.88 Å². The molecule has 0 atom stereocenters. The van der Waals surface area contributed by atoms with Crippen molar-refractivity contribution in [2.75, 3.05) is 7.11 Å². The highest BCUT2D eigenvalue weighted by Crippen LogP contribution is 2.32. The summed E-state index contributed by atoms with van der Waals surface area (Å²) in [5, 5.41) is 9.71. The number of nitrogens with one attached hydrogen (secondary N) is 1. The predicted octanol–water partition coefficient (Wildman–Crippen LogP) is 3.15. The molecule has 23 heavy (non-hydrogen) atoms. The summed E-state index contributed by atoms with van der Waals surface area (Å²) in [5.74, 6) is 0.569. The minimum absolute atomic E-state index is 0.0325. The van der Waals surface area contributed by atoms with Gasteiger partial charge in [-0.3, -0.25) is 4.79 Å². The molecule has 1 heterocycles. The van der Waals surface area contributed by atoms with Crippen molar-refractivity contribution < 1.29 is 14.6 Å².